The number of hydrogen-bond donors (Lipinski definition) is 0. The molecule has 0 spiro atoms. The smallest absolute Gasteiger partial charge is 0.236 e. The van der Waals surface area contributed by atoms with Gasteiger partial charge < -0.3 is 0 Å². The molecule has 0 fully saturated rings. The molecule has 0 radical (unpaired) electrons. The van der Waals surface area contributed by atoms with Gasteiger partial charge in [-0.1, -0.05) is 198 Å². The van der Waals surface area contributed by atoms with Gasteiger partial charge in [-0.15, -0.1) is 0 Å². The highest BCUT2D eigenvalue weighted by Crippen LogP contribution is 2.46. The monoisotopic (exact) mass is 864 g/mol. The van der Waals surface area contributed by atoms with Gasteiger partial charge in [0.2, 0.25) is 12.3 Å². The molecule has 0 N–H and O–H groups in total. The number of carbonyl (C=O) groups excluding carboxylic acids is 2. The molecule has 362 valence electrons. The zero-order valence-electron chi connectivity index (χ0n) is 46.2. The van der Waals surface area contributed by atoms with Crippen molar-refractivity contribution >= 4 is 18.0 Å². The third kappa shape index (κ3) is 14.2. The Labute approximate surface area is 389 Å². The van der Waals surface area contributed by atoms with Crippen LogP contribution in [-0.4, -0.2) is 12.3 Å². The molecule has 2 amide bonds. The van der Waals surface area contributed by atoms with E-state index in [9.17, 15) is 9.59 Å². The first kappa shape index (κ1) is 58.4. The summed E-state index contributed by atoms with van der Waals surface area (Å²) in [6, 6.07) is 9.31. The summed E-state index contributed by atoms with van der Waals surface area (Å²) in [7, 11) is 0. The van der Waals surface area contributed by atoms with Gasteiger partial charge in [-0.2, -0.15) is 0 Å². The van der Waals surface area contributed by atoms with Crippen molar-refractivity contribution < 1.29 is 9.59 Å². The van der Waals surface area contributed by atoms with Crippen molar-refractivity contribution in [3.8, 4) is 0 Å². The number of benzene rings is 1. The number of amides is 2. The van der Waals surface area contributed by atoms with Gasteiger partial charge in [0.05, 0.1) is 5.69 Å². The molecule has 3 heteroatoms. The summed E-state index contributed by atoms with van der Waals surface area (Å²) >= 11 is 0. The van der Waals surface area contributed by atoms with Crippen molar-refractivity contribution in [3.05, 3.63) is 30.3 Å². The van der Waals surface area contributed by atoms with E-state index in [-0.39, 0.29) is 17.7 Å². The molecule has 1 aromatic carbocycles. The molecule has 0 aliphatic rings. The number of anilines is 1. The zero-order valence-corrected chi connectivity index (χ0v) is 46.2. The number of nitrogens with zero attached hydrogens (tertiary/aromatic N) is 1. The van der Waals surface area contributed by atoms with Crippen molar-refractivity contribution in [2.24, 2.45) is 148 Å². The fourth-order valence-corrected chi connectivity index (χ4v) is 12.4. The van der Waals surface area contributed by atoms with E-state index in [4.69, 9.17) is 0 Å². The van der Waals surface area contributed by atoms with Crippen molar-refractivity contribution in [1.82, 2.24) is 0 Å². The van der Waals surface area contributed by atoms with Crippen molar-refractivity contribution in [2.45, 2.75) is 180 Å². The van der Waals surface area contributed by atoms with Crippen LogP contribution in [0.15, 0.2) is 30.3 Å². The molecule has 0 saturated carbocycles. The maximum Gasteiger partial charge on any atom is 0.236 e. The van der Waals surface area contributed by atoms with Crippen molar-refractivity contribution in [2.75, 3.05) is 4.90 Å². The molecule has 0 aliphatic carbocycles. The van der Waals surface area contributed by atoms with Crippen LogP contribution in [0, 0.1) is 148 Å². The van der Waals surface area contributed by atoms with Gasteiger partial charge in [-0.05, 0) is 154 Å². The van der Waals surface area contributed by atoms with Crippen molar-refractivity contribution in [1.29, 1.82) is 0 Å². The van der Waals surface area contributed by atoms with Gasteiger partial charge in [-0.25, -0.2) is 0 Å². The molecule has 0 saturated heterocycles. The SMILES string of the molecule is CC(C)C(C)C(C)C(C)C(C)C(C)C(C)C(C)C(C)C(C)C(C)C(C)C(C)C(C)C(C)C(C)C(C)C(C)C(C)C(C)C(C)C(C)C(C)C(C)C(C)C(=O)N(C=O)c1ccccc1. The number of carbonyl (C=O) groups is 2. The average Bonchev–Trinajstić information content (AvgIpc) is 3.28. The van der Waals surface area contributed by atoms with Gasteiger partial charge in [-0.3, -0.25) is 14.5 Å². The van der Waals surface area contributed by atoms with Gasteiger partial charge in [0, 0.05) is 5.92 Å². The van der Waals surface area contributed by atoms with Crippen LogP contribution >= 0.6 is 0 Å². The third-order valence-electron chi connectivity index (χ3n) is 21.9. The van der Waals surface area contributed by atoms with Crippen LogP contribution in [0.25, 0.3) is 0 Å². The molecule has 3 nitrogen and oxygen atoms in total. The Hall–Kier alpha value is -1.64. The van der Waals surface area contributed by atoms with Gasteiger partial charge in [0.1, 0.15) is 0 Å². The summed E-state index contributed by atoms with van der Waals surface area (Å²) in [5, 5.41) is 0. The quantitative estimate of drug-likeness (QED) is 0.0827. The normalized spacial score (nSPS) is 24.3. The second kappa shape index (κ2) is 25.9. The van der Waals surface area contributed by atoms with Crippen molar-refractivity contribution in [3.63, 3.8) is 0 Å². The van der Waals surface area contributed by atoms with E-state index in [1.807, 2.05) is 37.3 Å². The van der Waals surface area contributed by atoms with Gasteiger partial charge in [0.15, 0.2) is 0 Å². The maximum atomic E-state index is 13.6. The second-order valence-electron chi connectivity index (χ2n) is 23.9. The first-order valence-corrected chi connectivity index (χ1v) is 26.4. The van der Waals surface area contributed by atoms with E-state index in [0.29, 0.717) is 119 Å². The Morgan fingerprint density at radius 2 is 0.516 bits per heavy atom. The summed E-state index contributed by atoms with van der Waals surface area (Å²) < 4.78 is 0. The van der Waals surface area contributed by atoms with E-state index in [1.165, 1.54) is 4.90 Å². The molecular weight excluding hydrogens is 755 g/mol. The molecule has 0 heterocycles. The minimum atomic E-state index is -0.253. The topological polar surface area (TPSA) is 37.4 Å². The van der Waals surface area contributed by atoms with E-state index in [1.54, 1.807) is 0 Å². The molecule has 24 atom stereocenters. The Bertz CT molecular complexity index is 1410. The van der Waals surface area contributed by atoms with Crippen LogP contribution in [-0.2, 0) is 9.59 Å². The number of rotatable bonds is 27. The van der Waals surface area contributed by atoms with Crippen LogP contribution in [0.2, 0.25) is 0 Å². The molecule has 1 aromatic rings. The highest BCUT2D eigenvalue weighted by molar-refractivity contribution is 6.07. The Kier molecular flexibility index (Phi) is 24.4. The number of hydrogen-bond acceptors (Lipinski definition) is 2. The zero-order chi connectivity index (χ0) is 48.4. The maximum absolute atomic E-state index is 13.6. The average molecular weight is 865 g/mol. The summed E-state index contributed by atoms with van der Waals surface area (Å²) in [5.74, 6) is 14.6. The van der Waals surface area contributed by atoms with Gasteiger partial charge >= 0.3 is 0 Å². The van der Waals surface area contributed by atoms with Crippen LogP contribution in [0.1, 0.15) is 180 Å². The fraction of sp³-hybridized carbons (Fsp3) is 0.864. The highest BCUT2D eigenvalue weighted by atomic mass is 16.2. The van der Waals surface area contributed by atoms with Crippen LogP contribution < -0.4 is 4.90 Å². The molecular formula is C59H109NO2. The first-order chi connectivity index (χ1) is 28.5. The lowest BCUT2D eigenvalue weighted by Crippen LogP contribution is -2.40. The van der Waals surface area contributed by atoms with E-state index >= 15 is 0 Å². The Morgan fingerprint density at radius 1 is 0.323 bits per heavy atom. The minimum absolute atomic E-state index is 0.116. The largest absolute Gasteiger partial charge is 0.278 e. The third-order valence-corrected chi connectivity index (χ3v) is 21.9. The molecule has 62 heavy (non-hydrogen) atoms. The molecule has 0 bridgehead atoms. The van der Waals surface area contributed by atoms with Crippen LogP contribution in [0.3, 0.4) is 0 Å². The number of imide groups is 1. The predicted molar refractivity (Wildman–Crippen MR) is 275 cm³/mol. The Balaban J connectivity index is 2.96. The van der Waals surface area contributed by atoms with E-state index in [2.05, 4.69) is 173 Å². The highest BCUT2D eigenvalue weighted by Gasteiger charge is 2.41. The summed E-state index contributed by atoms with van der Waals surface area (Å²) in [6.45, 7) is 64.5. The van der Waals surface area contributed by atoms with Crippen LogP contribution in [0.4, 0.5) is 5.69 Å². The lowest BCUT2D eigenvalue weighted by Gasteiger charge is -2.44. The molecule has 24 unspecified atom stereocenters. The molecule has 0 aromatic heterocycles. The minimum Gasteiger partial charge on any atom is -0.278 e. The number of para-hydroxylation sites is 1. The fourth-order valence-electron chi connectivity index (χ4n) is 12.4. The second-order valence-corrected chi connectivity index (χ2v) is 23.9. The lowest BCUT2D eigenvalue weighted by atomic mass is 9.61. The van der Waals surface area contributed by atoms with E-state index in [0.717, 1.165) is 29.6 Å². The molecule has 0 aliphatic heterocycles. The standard InChI is InChI=1S/C59H109NO2/c1-33(2)34(3)35(4)36(5)37(6)38(7)39(8)40(9)41(10)42(11)43(12)44(13)45(14)46(15)47(16)48(17)49(18)50(19)51(20)52(21)53(22)54(23)55(24)56(25)57(26)59(62)60(32-61)58-30-28-27-29-31-58/h27-57H,1-26H3. The predicted octanol–water partition coefficient (Wildman–Crippen LogP) is 17.1. The summed E-state index contributed by atoms with van der Waals surface area (Å²) in [4.78, 5) is 27.0. The van der Waals surface area contributed by atoms with Gasteiger partial charge in [0.25, 0.3) is 0 Å². The summed E-state index contributed by atoms with van der Waals surface area (Å²) in [5.41, 5.74) is 0.638. The van der Waals surface area contributed by atoms with E-state index < -0.39 is 0 Å². The summed E-state index contributed by atoms with van der Waals surface area (Å²) in [6.07, 6.45) is 0.677. The van der Waals surface area contributed by atoms with Crippen LogP contribution in [0.5, 0.6) is 0 Å². The molecule has 1 rings (SSSR count). The lowest BCUT2D eigenvalue weighted by molar-refractivity contribution is -0.126. The Morgan fingerprint density at radius 3 is 0.710 bits per heavy atom. The first-order valence-electron chi connectivity index (χ1n) is 26.4.